The second-order valence-corrected chi connectivity index (χ2v) is 8.51. The Hall–Kier alpha value is -1.89. The Morgan fingerprint density at radius 3 is 2.07 bits per heavy atom. The molecule has 0 aliphatic rings. The molecule has 2 aromatic rings. The summed E-state index contributed by atoms with van der Waals surface area (Å²) in [5.41, 5.74) is 6.91. The van der Waals surface area contributed by atoms with Gasteiger partial charge in [0.2, 0.25) is 0 Å². The van der Waals surface area contributed by atoms with Crippen molar-refractivity contribution in [3.8, 4) is 0 Å². The highest BCUT2D eigenvalue weighted by atomic mass is 35.5. The number of rotatable bonds is 8. The summed E-state index contributed by atoms with van der Waals surface area (Å²) in [4.78, 5) is 12.5. The fourth-order valence-corrected chi connectivity index (χ4v) is 3.90. The third-order valence-corrected chi connectivity index (χ3v) is 6.39. The Morgan fingerprint density at radius 1 is 1.00 bits per heavy atom. The first-order valence-electron chi connectivity index (χ1n) is 8.73. The normalized spacial score (nSPS) is 11.5. The van der Waals surface area contributed by atoms with Gasteiger partial charge in [0.25, 0.3) is 5.91 Å². The van der Waals surface area contributed by atoms with E-state index in [0.29, 0.717) is 12.1 Å². The molecule has 148 valence electrons. The third kappa shape index (κ3) is 6.34. The van der Waals surface area contributed by atoms with E-state index in [-0.39, 0.29) is 29.0 Å². The zero-order chi connectivity index (χ0) is 19.2. The summed E-state index contributed by atoms with van der Waals surface area (Å²) >= 11 is 0. The minimum Gasteiger partial charge on any atom is -0.350 e. The maximum absolute atomic E-state index is 12.5. The summed E-state index contributed by atoms with van der Waals surface area (Å²) in [6.07, 6.45) is 1.53. The van der Waals surface area contributed by atoms with Gasteiger partial charge in [-0.1, -0.05) is 44.2 Å². The molecule has 0 saturated carbocycles. The first-order valence-corrected chi connectivity index (χ1v) is 10.4. The average Bonchev–Trinajstić information content (AvgIpc) is 2.66. The molecular weight excluding hydrogens is 384 g/mol. The summed E-state index contributed by atoms with van der Waals surface area (Å²) in [6, 6.07) is 15.0. The van der Waals surface area contributed by atoms with Crippen LogP contribution in [0.15, 0.2) is 59.5 Å². The van der Waals surface area contributed by atoms with Gasteiger partial charge in [-0.3, -0.25) is 4.79 Å². The summed E-state index contributed by atoms with van der Waals surface area (Å²) in [5.74, 6) is -0.323. The molecular formula is C20H27ClN2O3S. The molecule has 1 amide bonds. The first kappa shape index (κ1) is 23.1. The lowest BCUT2D eigenvalue weighted by Gasteiger charge is -2.26. The maximum Gasteiger partial charge on any atom is 0.251 e. The van der Waals surface area contributed by atoms with Gasteiger partial charge in [0.05, 0.1) is 10.6 Å². The van der Waals surface area contributed by atoms with Crippen LogP contribution in [0.1, 0.15) is 42.6 Å². The molecule has 0 aliphatic heterocycles. The van der Waals surface area contributed by atoms with E-state index in [0.717, 1.165) is 18.4 Å². The molecule has 2 rings (SSSR count). The van der Waals surface area contributed by atoms with E-state index >= 15 is 0 Å². The lowest BCUT2D eigenvalue weighted by atomic mass is 9.94. The van der Waals surface area contributed by atoms with E-state index in [1.165, 1.54) is 24.3 Å². The molecule has 0 aromatic heterocycles. The topological polar surface area (TPSA) is 89.3 Å². The van der Waals surface area contributed by atoms with Crippen LogP contribution < -0.4 is 11.1 Å². The molecule has 0 spiro atoms. The van der Waals surface area contributed by atoms with Gasteiger partial charge >= 0.3 is 0 Å². The van der Waals surface area contributed by atoms with Gasteiger partial charge in [-0.2, -0.15) is 0 Å². The van der Waals surface area contributed by atoms with Crippen LogP contribution in [0.3, 0.4) is 0 Å². The molecule has 3 N–H and O–H groups in total. The van der Waals surface area contributed by atoms with Gasteiger partial charge < -0.3 is 11.1 Å². The number of halogens is 1. The average molecular weight is 411 g/mol. The van der Waals surface area contributed by atoms with Crippen LogP contribution in [0.4, 0.5) is 0 Å². The molecule has 5 nitrogen and oxygen atoms in total. The number of carbonyl (C=O) groups is 1. The van der Waals surface area contributed by atoms with Crippen LogP contribution >= 0.6 is 12.4 Å². The molecule has 0 heterocycles. The summed E-state index contributed by atoms with van der Waals surface area (Å²) in [6.45, 7) is 4.36. The van der Waals surface area contributed by atoms with Crippen LogP contribution in [-0.2, 0) is 15.6 Å². The minimum atomic E-state index is -3.45. The molecule has 0 bridgehead atoms. The van der Waals surface area contributed by atoms with Crippen molar-refractivity contribution in [3.63, 3.8) is 0 Å². The first-order chi connectivity index (χ1) is 12.3. The van der Waals surface area contributed by atoms with Crippen molar-refractivity contribution in [2.75, 3.05) is 6.54 Å². The molecule has 7 heteroatoms. The lowest BCUT2D eigenvalue weighted by Crippen LogP contribution is -2.49. The van der Waals surface area contributed by atoms with Crippen LogP contribution in [-0.4, -0.2) is 26.4 Å². The van der Waals surface area contributed by atoms with Crippen molar-refractivity contribution in [1.82, 2.24) is 5.32 Å². The van der Waals surface area contributed by atoms with E-state index in [1.807, 2.05) is 32.0 Å². The molecule has 27 heavy (non-hydrogen) atoms. The predicted octanol–water partition coefficient (Wildman–Crippen LogP) is 3.33. The summed E-state index contributed by atoms with van der Waals surface area (Å²) in [7, 11) is -3.45. The zero-order valence-corrected chi connectivity index (χ0v) is 17.3. The number of amides is 1. The zero-order valence-electron chi connectivity index (χ0n) is 15.6. The van der Waals surface area contributed by atoms with Gasteiger partial charge in [0.15, 0.2) is 9.84 Å². The van der Waals surface area contributed by atoms with Crippen molar-refractivity contribution >= 4 is 28.2 Å². The number of benzene rings is 2. The Kier molecular flexibility index (Phi) is 8.47. The Balaban J connectivity index is 0.00000364. The molecule has 0 saturated heterocycles. The highest BCUT2D eigenvalue weighted by Crippen LogP contribution is 2.17. The number of hydrogen-bond acceptors (Lipinski definition) is 4. The largest absolute Gasteiger partial charge is 0.350 e. The second kappa shape index (κ2) is 9.88. The number of nitrogens with one attached hydrogen (secondary N) is 1. The Morgan fingerprint density at radius 2 is 1.56 bits per heavy atom. The standard InChI is InChI=1S/C20H26N2O3S.ClH/c1-3-20(21,4-2)15-22-19(23)17-10-12-18(13-11-17)26(24,25)14-16-8-6-5-7-9-16;/h5-13H,3-4,14-15,21H2,1-2H3,(H,22,23);1H. The monoisotopic (exact) mass is 410 g/mol. The molecule has 0 unspecified atom stereocenters. The van der Waals surface area contributed by atoms with Crippen molar-refractivity contribution < 1.29 is 13.2 Å². The van der Waals surface area contributed by atoms with E-state index in [4.69, 9.17) is 5.73 Å². The highest BCUT2D eigenvalue weighted by Gasteiger charge is 2.21. The lowest BCUT2D eigenvalue weighted by molar-refractivity contribution is 0.0942. The Labute approximate surface area is 167 Å². The summed E-state index contributed by atoms with van der Waals surface area (Å²) < 4.78 is 25.0. The van der Waals surface area contributed by atoms with Crippen LogP contribution in [0.25, 0.3) is 0 Å². The number of hydrogen-bond donors (Lipinski definition) is 2. The van der Waals surface area contributed by atoms with E-state index < -0.39 is 15.4 Å². The maximum atomic E-state index is 12.5. The fourth-order valence-electron chi connectivity index (χ4n) is 2.55. The molecule has 2 aromatic carbocycles. The SMILES string of the molecule is CCC(N)(CC)CNC(=O)c1ccc(S(=O)(=O)Cc2ccccc2)cc1.Cl. The number of sulfone groups is 1. The number of carbonyl (C=O) groups excluding carboxylic acids is 1. The van der Waals surface area contributed by atoms with E-state index in [1.54, 1.807) is 12.1 Å². The molecule has 0 radical (unpaired) electrons. The van der Waals surface area contributed by atoms with Gasteiger partial charge in [0.1, 0.15) is 0 Å². The van der Waals surface area contributed by atoms with Crippen molar-refractivity contribution in [2.45, 2.75) is 42.9 Å². The highest BCUT2D eigenvalue weighted by molar-refractivity contribution is 7.90. The quantitative estimate of drug-likeness (QED) is 0.698. The molecule has 0 atom stereocenters. The minimum absolute atomic E-state index is 0. The Bertz CT molecular complexity index is 833. The predicted molar refractivity (Wildman–Crippen MR) is 111 cm³/mol. The van der Waals surface area contributed by atoms with Gasteiger partial charge in [-0.15, -0.1) is 12.4 Å². The van der Waals surface area contributed by atoms with E-state index in [9.17, 15) is 13.2 Å². The molecule has 0 aliphatic carbocycles. The van der Waals surface area contributed by atoms with Crippen LogP contribution in [0.2, 0.25) is 0 Å². The van der Waals surface area contributed by atoms with Gasteiger partial charge in [-0.05, 0) is 42.7 Å². The second-order valence-electron chi connectivity index (χ2n) is 6.52. The van der Waals surface area contributed by atoms with Crippen LogP contribution in [0, 0.1) is 0 Å². The smallest absolute Gasteiger partial charge is 0.251 e. The van der Waals surface area contributed by atoms with Gasteiger partial charge in [0, 0.05) is 17.6 Å². The van der Waals surface area contributed by atoms with Crippen molar-refractivity contribution in [1.29, 1.82) is 0 Å². The fraction of sp³-hybridized carbons (Fsp3) is 0.350. The van der Waals surface area contributed by atoms with Gasteiger partial charge in [-0.25, -0.2) is 8.42 Å². The third-order valence-electron chi connectivity index (χ3n) is 4.68. The van der Waals surface area contributed by atoms with E-state index in [2.05, 4.69) is 5.32 Å². The summed E-state index contributed by atoms with van der Waals surface area (Å²) in [5, 5.41) is 2.83. The molecule has 0 fully saturated rings. The van der Waals surface area contributed by atoms with Crippen LogP contribution in [0.5, 0.6) is 0 Å². The van der Waals surface area contributed by atoms with Crippen molar-refractivity contribution in [3.05, 3.63) is 65.7 Å². The van der Waals surface area contributed by atoms with Crippen molar-refractivity contribution in [2.24, 2.45) is 5.73 Å². The number of nitrogens with two attached hydrogens (primary N) is 1.